The molecule has 2 unspecified atom stereocenters. The standard InChI is InChI=1S/C14H15F3N2O2/c1-13(2)10-3-4-19(12(21)14(15,16)17)7-9(10)5-8(6-18)11(13)20/h5,9-10H,3-4,7H2,1-2H3. The van der Waals surface area contributed by atoms with Gasteiger partial charge < -0.3 is 4.90 Å². The maximum absolute atomic E-state index is 12.5. The van der Waals surface area contributed by atoms with Crippen molar-refractivity contribution in [2.24, 2.45) is 17.3 Å². The van der Waals surface area contributed by atoms with Crippen LogP contribution in [-0.2, 0) is 9.59 Å². The smallest absolute Gasteiger partial charge is 0.334 e. The molecule has 0 aromatic carbocycles. The van der Waals surface area contributed by atoms with Crippen molar-refractivity contribution in [1.29, 1.82) is 5.26 Å². The van der Waals surface area contributed by atoms with Crippen LogP contribution in [0.1, 0.15) is 20.3 Å². The van der Waals surface area contributed by atoms with Crippen LogP contribution < -0.4 is 0 Å². The number of halogens is 3. The van der Waals surface area contributed by atoms with Gasteiger partial charge in [-0.2, -0.15) is 18.4 Å². The van der Waals surface area contributed by atoms with Gasteiger partial charge in [0.15, 0.2) is 5.78 Å². The van der Waals surface area contributed by atoms with Gasteiger partial charge in [0.2, 0.25) is 0 Å². The Kier molecular flexibility index (Phi) is 3.60. The first-order valence-electron chi connectivity index (χ1n) is 6.62. The molecule has 2 atom stereocenters. The summed E-state index contributed by atoms with van der Waals surface area (Å²) >= 11 is 0. The lowest BCUT2D eigenvalue weighted by molar-refractivity contribution is -0.188. The lowest BCUT2D eigenvalue weighted by Crippen LogP contribution is -2.53. The van der Waals surface area contributed by atoms with Crippen LogP contribution in [0.4, 0.5) is 13.2 Å². The lowest BCUT2D eigenvalue weighted by atomic mass is 9.61. The van der Waals surface area contributed by atoms with Crippen molar-refractivity contribution >= 4 is 11.7 Å². The van der Waals surface area contributed by atoms with Crippen LogP contribution in [0.3, 0.4) is 0 Å². The molecule has 2 rings (SSSR count). The Bertz CT molecular complexity index is 558. The zero-order valence-corrected chi connectivity index (χ0v) is 11.7. The second kappa shape index (κ2) is 4.86. The third kappa shape index (κ3) is 2.55. The summed E-state index contributed by atoms with van der Waals surface area (Å²) < 4.78 is 37.5. The van der Waals surface area contributed by atoms with Gasteiger partial charge in [-0.15, -0.1) is 0 Å². The van der Waals surface area contributed by atoms with E-state index in [-0.39, 0.29) is 30.4 Å². The van der Waals surface area contributed by atoms with Gasteiger partial charge in [-0.1, -0.05) is 19.9 Å². The molecule has 1 aliphatic carbocycles. The van der Waals surface area contributed by atoms with E-state index >= 15 is 0 Å². The Morgan fingerprint density at radius 1 is 1.48 bits per heavy atom. The first kappa shape index (κ1) is 15.5. The highest BCUT2D eigenvalue weighted by Crippen LogP contribution is 2.45. The number of likely N-dealkylation sites (tertiary alicyclic amines) is 1. The number of rotatable bonds is 0. The molecule has 1 heterocycles. The van der Waals surface area contributed by atoms with E-state index in [4.69, 9.17) is 5.26 Å². The summed E-state index contributed by atoms with van der Waals surface area (Å²) in [6.45, 7) is 3.29. The van der Waals surface area contributed by atoms with E-state index in [1.807, 2.05) is 0 Å². The van der Waals surface area contributed by atoms with Crippen LogP contribution in [0, 0.1) is 28.6 Å². The molecule has 0 spiro atoms. The molecule has 7 heteroatoms. The van der Waals surface area contributed by atoms with Crippen molar-refractivity contribution in [2.45, 2.75) is 26.4 Å². The molecule has 1 amide bonds. The van der Waals surface area contributed by atoms with Gasteiger partial charge in [-0.25, -0.2) is 0 Å². The van der Waals surface area contributed by atoms with Crippen LogP contribution in [-0.4, -0.2) is 35.9 Å². The molecular weight excluding hydrogens is 285 g/mol. The monoisotopic (exact) mass is 300 g/mol. The third-order valence-electron chi connectivity index (χ3n) is 4.45. The molecular formula is C14H15F3N2O2. The molecule has 0 radical (unpaired) electrons. The van der Waals surface area contributed by atoms with Crippen molar-refractivity contribution in [2.75, 3.05) is 13.1 Å². The number of nitriles is 1. The SMILES string of the molecule is CC1(C)C(=O)C(C#N)=CC2CN(C(=O)C(F)(F)F)CCC21. The van der Waals surface area contributed by atoms with Gasteiger partial charge in [0.1, 0.15) is 6.07 Å². The highest BCUT2D eigenvalue weighted by Gasteiger charge is 2.50. The normalized spacial score (nSPS) is 28.5. The minimum Gasteiger partial charge on any atom is -0.334 e. The largest absolute Gasteiger partial charge is 0.471 e. The zero-order valence-electron chi connectivity index (χ0n) is 11.7. The molecule has 114 valence electrons. The first-order chi connectivity index (χ1) is 9.59. The zero-order chi connectivity index (χ0) is 16.0. The minimum absolute atomic E-state index is 0.0219. The van der Waals surface area contributed by atoms with Crippen molar-refractivity contribution in [3.8, 4) is 6.07 Å². The van der Waals surface area contributed by atoms with E-state index in [9.17, 15) is 22.8 Å². The molecule has 0 bridgehead atoms. The number of piperidine rings is 1. The highest BCUT2D eigenvalue weighted by molar-refractivity contribution is 6.03. The third-order valence-corrected chi connectivity index (χ3v) is 4.45. The van der Waals surface area contributed by atoms with E-state index in [1.54, 1.807) is 19.9 Å². The van der Waals surface area contributed by atoms with Crippen molar-refractivity contribution in [3.05, 3.63) is 11.6 Å². The van der Waals surface area contributed by atoms with Gasteiger partial charge >= 0.3 is 12.1 Å². The van der Waals surface area contributed by atoms with Gasteiger partial charge in [-0.3, -0.25) is 9.59 Å². The molecule has 0 N–H and O–H groups in total. The number of amides is 1. The summed E-state index contributed by atoms with van der Waals surface area (Å²) in [6, 6.07) is 1.80. The molecule has 2 aliphatic rings. The molecule has 1 saturated heterocycles. The number of carbonyl (C=O) groups is 2. The van der Waals surface area contributed by atoms with Crippen LogP contribution in [0.25, 0.3) is 0 Å². The molecule has 1 aliphatic heterocycles. The highest BCUT2D eigenvalue weighted by atomic mass is 19.4. The summed E-state index contributed by atoms with van der Waals surface area (Å²) in [6.07, 6.45) is -3.15. The predicted octanol–water partition coefficient (Wildman–Crippen LogP) is 2.07. The van der Waals surface area contributed by atoms with Crippen LogP contribution >= 0.6 is 0 Å². The van der Waals surface area contributed by atoms with E-state index in [1.165, 1.54) is 6.08 Å². The Labute approximate surface area is 120 Å². The number of ketones is 1. The minimum atomic E-state index is -4.89. The Morgan fingerprint density at radius 3 is 2.62 bits per heavy atom. The number of alkyl halides is 3. The van der Waals surface area contributed by atoms with E-state index in [0.29, 0.717) is 6.42 Å². The van der Waals surface area contributed by atoms with Crippen molar-refractivity contribution in [1.82, 2.24) is 4.90 Å². The average Bonchev–Trinajstić information content (AvgIpc) is 2.40. The Balaban J connectivity index is 2.29. The number of fused-ring (bicyclic) bond motifs is 1. The fraction of sp³-hybridized carbons (Fsp3) is 0.643. The van der Waals surface area contributed by atoms with Crippen LogP contribution in [0.5, 0.6) is 0 Å². The van der Waals surface area contributed by atoms with Gasteiger partial charge in [0.05, 0.1) is 5.57 Å². The van der Waals surface area contributed by atoms with Crippen LogP contribution in [0.15, 0.2) is 11.6 Å². The van der Waals surface area contributed by atoms with Crippen LogP contribution in [0.2, 0.25) is 0 Å². The summed E-state index contributed by atoms with van der Waals surface area (Å²) in [5, 5.41) is 8.99. The van der Waals surface area contributed by atoms with Crippen molar-refractivity contribution < 1.29 is 22.8 Å². The predicted molar refractivity (Wildman–Crippen MR) is 66.7 cm³/mol. The summed E-state index contributed by atoms with van der Waals surface area (Å²) in [5.74, 6) is -2.68. The maximum Gasteiger partial charge on any atom is 0.471 e. The number of hydrogen-bond donors (Lipinski definition) is 0. The quantitative estimate of drug-likeness (QED) is 0.688. The van der Waals surface area contributed by atoms with E-state index in [2.05, 4.69) is 0 Å². The number of allylic oxidation sites excluding steroid dienone is 1. The van der Waals surface area contributed by atoms with Gasteiger partial charge in [0.25, 0.3) is 0 Å². The molecule has 4 nitrogen and oxygen atoms in total. The number of hydrogen-bond acceptors (Lipinski definition) is 3. The summed E-state index contributed by atoms with van der Waals surface area (Å²) in [7, 11) is 0. The lowest BCUT2D eigenvalue weighted by Gasteiger charge is -2.46. The fourth-order valence-electron chi connectivity index (χ4n) is 3.30. The molecule has 1 fully saturated rings. The molecule has 0 saturated carbocycles. The average molecular weight is 300 g/mol. The molecule has 21 heavy (non-hydrogen) atoms. The second-order valence-electron chi connectivity index (χ2n) is 6.05. The molecule has 0 aromatic heterocycles. The Morgan fingerprint density at radius 2 is 2.10 bits per heavy atom. The first-order valence-corrected chi connectivity index (χ1v) is 6.62. The van der Waals surface area contributed by atoms with E-state index < -0.39 is 23.4 Å². The number of Topliss-reactive ketones (excluding diaryl/α,β-unsaturated/α-hetero) is 1. The second-order valence-corrected chi connectivity index (χ2v) is 6.05. The maximum atomic E-state index is 12.5. The van der Waals surface area contributed by atoms with E-state index in [0.717, 1.165) is 4.90 Å². The Hall–Kier alpha value is -1.84. The van der Waals surface area contributed by atoms with Crippen molar-refractivity contribution in [3.63, 3.8) is 0 Å². The molecule has 0 aromatic rings. The number of carbonyl (C=O) groups excluding carboxylic acids is 2. The summed E-state index contributed by atoms with van der Waals surface area (Å²) in [5.41, 5.74) is -0.819. The summed E-state index contributed by atoms with van der Waals surface area (Å²) in [4.78, 5) is 24.2. The topological polar surface area (TPSA) is 61.2 Å². The van der Waals surface area contributed by atoms with Gasteiger partial charge in [0, 0.05) is 18.5 Å². The number of nitrogens with zero attached hydrogens (tertiary/aromatic N) is 2. The van der Waals surface area contributed by atoms with Gasteiger partial charge in [-0.05, 0) is 18.3 Å². The fourth-order valence-corrected chi connectivity index (χ4v) is 3.30.